The minimum Gasteiger partial charge on any atom is -0.622 e. The molecule has 1 aliphatic rings. The molecule has 4 aromatic carbocycles. The zero-order chi connectivity index (χ0) is 25.3. The second kappa shape index (κ2) is 10.1. The SMILES string of the molecule is CC1(C)CC(/C=C/c2ccc3ccc4cccc5ccc2c3c45)=[N+]([O-])C1OCCN(CCO)CCO. The summed E-state index contributed by atoms with van der Waals surface area (Å²) in [4.78, 5) is 1.93. The van der Waals surface area contributed by atoms with Gasteiger partial charge < -0.3 is 20.2 Å². The van der Waals surface area contributed by atoms with Crippen LogP contribution in [0.5, 0.6) is 0 Å². The maximum absolute atomic E-state index is 13.2. The van der Waals surface area contributed by atoms with Crippen LogP contribution in [0.3, 0.4) is 0 Å². The predicted molar refractivity (Wildman–Crippen MR) is 147 cm³/mol. The molecule has 2 N–H and O–H groups in total. The van der Waals surface area contributed by atoms with Crippen LogP contribution in [0, 0.1) is 10.6 Å². The smallest absolute Gasteiger partial charge is 0.273 e. The van der Waals surface area contributed by atoms with Crippen LogP contribution >= 0.6 is 0 Å². The molecule has 6 heteroatoms. The number of benzene rings is 4. The summed E-state index contributed by atoms with van der Waals surface area (Å²) in [6, 6.07) is 19.4. The van der Waals surface area contributed by atoms with Crippen molar-refractivity contribution < 1.29 is 19.7 Å². The molecule has 1 aliphatic heterocycles. The topological polar surface area (TPSA) is 79.0 Å². The monoisotopic (exact) mass is 486 g/mol. The molecule has 36 heavy (non-hydrogen) atoms. The Labute approximate surface area is 211 Å². The van der Waals surface area contributed by atoms with Crippen molar-refractivity contribution in [3.63, 3.8) is 0 Å². The molecule has 0 saturated carbocycles. The fourth-order valence-corrected chi connectivity index (χ4v) is 5.53. The third kappa shape index (κ3) is 4.58. The molecule has 0 bridgehead atoms. The van der Waals surface area contributed by atoms with Crippen molar-refractivity contribution in [1.82, 2.24) is 4.90 Å². The summed E-state index contributed by atoms with van der Waals surface area (Å²) in [6.45, 7) is 6.01. The van der Waals surface area contributed by atoms with E-state index in [4.69, 9.17) is 4.74 Å². The number of nitrogens with zero attached hydrogens (tertiary/aromatic N) is 2. The van der Waals surface area contributed by atoms with Gasteiger partial charge >= 0.3 is 0 Å². The Morgan fingerprint density at radius 3 is 2.25 bits per heavy atom. The first-order valence-electron chi connectivity index (χ1n) is 12.7. The molecule has 0 aromatic heterocycles. The molecule has 1 heterocycles. The maximum Gasteiger partial charge on any atom is 0.273 e. The Morgan fingerprint density at radius 2 is 1.56 bits per heavy atom. The highest BCUT2D eigenvalue weighted by molar-refractivity contribution is 6.24. The lowest BCUT2D eigenvalue weighted by Crippen LogP contribution is -2.38. The Bertz CT molecular complexity index is 1400. The molecule has 4 aromatic rings. The van der Waals surface area contributed by atoms with E-state index in [1.54, 1.807) is 0 Å². The second-order valence-electron chi connectivity index (χ2n) is 10.3. The van der Waals surface area contributed by atoms with E-state index in [-0.39, 0.29) is 18.6 Å². The lowest BCUT2D eigenvalue weighted by atomic mass is 9.88. The number of hydroxylamine groups is 1. The lowest BCUT2D eigenvalue weighted by Gasteiger charge is -2.26. The van der Waals surface area contributed by atoms with Gasteiger partial charge in [-0.05, 0) is 44.0 Å². The van der Waals surface area contributed by atoms with E-state index in [1.165, 1.54) is 32.3 Å². The van der Waals surface area contributed by atoms with Gasteiger partial charge in [-0.25, -0.2) is 0 Å². The summed E-state index contributed by atoms with van der Waals surface area (Å²) in [5, 5.41) is 39.0. The van der Waals surface area contributed by atoms with Crippen LogP contribution in [-0.2, 0) is 4.74 Å². The van der Waals surface area contributed by atoms with Crippen molar-refractivity contribution in [2.24, 2.45) is 5.41 Å². The standard InChI is InChI=1S/C30H34N2O4/c1-30(2)20-25(32(35)29(30)36-19-16-31(14-17-33)15-18-34)12-10-21-6-7-24-9-8-22-4-3-5-23-11-13-26(21)28(24)27(22)23/h3-13,29,33-34H,14-20H2,1-2H3/b12-10+. The number of ether oxygens (including phenoxy) is 1. The summed E-state index contributed by atoms with van der Waals surface area (Å²) in [5.74, 6) is 0. The van der Waals surface area contributed by atoms with Crippen molar-refractivity contribution in [2.75, 3.05) is 39.5 Å². The summed E-state index contributed by atoms with van der Waals surface area (Å²) < 4.78 is 7.05. The third-order valence-corrected chi connectivity index (χ3v) is 7.33. The molecule has 0 spiro atoms. The Balaban J connectivity index is 1.40. The molecule has 0 saturated heterocycles. The number of rotatable bonds is 10. The van der Waals surface area contributed by atoms with Gasteiger partial charge in [-0.2, -0.15) is 4.74 Å². The molecule has 6 nitrogen and oxygen atoms in total. The van der Waals surface area contributed by atoms with Crippen molar-refractivity contribution in [1.29, 1.82) is 0 Å². The minimum absolute atomic E-state index is 0.0222. The van der Waals surface area contributed by atoms with Crippen LogP contribution in [-0.4, -0.2) is 71.2 Å². The largest absolute Gasteiger partial charge is 0.622 e. The number of aliphatic hydroxyl groups excluding tert-OH is 2. The highest BCUT2D eigenvalue weighted by Gasteiger charge is 2.46. The lowest BCUT2D eigenvalue weighted by molar-refractivity contribution is -0.564. The van der Waals surface area contributed by atoms with E-state index in [9.17, 15) is 15.4 Å². The van der Waals surface area contributed by atoms with Crippen LogP contribution < -0.4 is 0 Å². The van der Waals surface area contributed by atoms with Crippen molar-refractivity contribution in [2.45, 2.75) is 26.5 Å². The van der Waals surface area contributed by atoms with E-state index >= 15 is 0 Å². The van der Waals surface area contributed by atoms with Crippen LogP contribution in [0.1, 0.15) is 25.8 Å². The first-order valence-corrected chi connectivity index (χ1v) is 12.7. The van der Waals surface area contributed by atoms with E-state index in [2.05, 4.69) is 74.5 Å². The molecule has 188 valence electrons. The fourth-order valence-electron chi connectivity index (χ4n) is 5.53. The highest BCUT2D eigenvalue weighted by atomic mass is 16.6. The van der Waals surface area contributed by atoms with E-state index in [1.807, 2.05) is 11.0 Å². The Hall–Kier alpha value is -3.03. The summed E-state index contributed by atoms with van der Waals surface area (Å²) in [5.41, 5.74) is 1.47. The second-order valence-corrected chi connectivity index (χ2v) is 10.3. The van der Waals surface area contributed by atoms with Crippen molar-refractivity contribution >= 4 is 44.1 Å². The molecule has 1 atom stereocenters. The van der Waals surface area contributed by atoms with Gasteiger partial charge in [0, 0.05) is 32.1 Å². The normalized spacial score (nSPS) is 18.2. The van der Waals surface area contributed by atoms with Gasteiger partial charge in [0.15, 0.2) is 5.71 Å². The van der Waals surface area contributed by atoms with Gasteiger partial charge in [-0.3, -0.25) is 4.90 Å². The van der Waals surface area contributed by atoms with Crippen molar-refractivity contribution in [3.05, 3.63) is 71.4 Å². The quantitative estimate of drug-likeness (QED) is 0.194. The van der Waals surface area contributed by atoms with Gasteiger partial charge in [0.05, 0.1) is 25.2 Å². The van der Waals surface area contributed by atoms with E-state index in [0.29, 0.717) is 38.4 Å². The number of hydrogen-bond donors (Lipinski definition) is 2. The van der Waals surface area contributed by atoms with E-state index < -0.39 is 6.23 Å². The number of allylic oxidation sites excluding steroid dienone is 1. The number of hydrogen-bond acceptors (Lipinski definition) is 5. The minimum atomic E-state index is -0.580. The molecule has 1 unspecified atom stereocenters. The summed E-state index contributed by atoms with van der Waals surface area (Å²) in [6.07, 6.45) is 4.03. The van der Waals surface area contributed by atoms with Crippen LogP contribution in [0.2, 0.25) is 0 Å². The van der Waals surface area contributed by atoms with Gasteiger partial charge in [0.2, 0.25) is 0 Å². The molecule has 0 fully saturated rings. The first-order chi connectivity index (χ1) is 17.4. The summed E-state index contributed by atoms with van der Waals surface area (Å²) in [7, 11) is 0. The van der Waals surface area contributed by atoms with Crippen LogP contribution in [0.25, 0.3) is 38.4 Å². The zero-order valence-corrected chi connectivity index (χ0v) is 21.0. The Kier molecular flexibility index (Phi) is 6.95. The van der Waals surface area contributed by atoms with Crippen molar-refractivity contribution in [3.8, 4) is 0 Å². The predicted octanol–water partition coefficient (Wildman–Crippen LogP) is 4.61. The number of aliphatic hydroxyl groups is 2. The average Bonchev–Trinajstić information content (AvgIpc) is 3.09. The molecular weight excluding hydrogens is 452 g/mol. The highest BCUT2D eigenvalue weighted by Crippen LogP contribution is 2.37. The van der Waals surface area contributed by atoms with Crippen LogP contribution in [0.15, 0.2) is 60.7 Å². The van der Waals surface area contributed by atoms with Gasteiger partial charge in [0.1, 0.15) is 0 Å². The first kappa shape index (κ1) is 24.7. The fraction of sp³-hybridized carbons (Fsp3) is 0.367. The zero-order valence-electron chi connectivity index (χ0n) is 21.0. The average molecular weight is 487 g/mol. The van der Waals surface area contributed by atoms with Gasteiger partial charge in [-0.15, -0.1) is 0 Å². The van der Waals surface area contributed by atoms with Crippen LogP contribution in [0.4, 0.5) is 0 Å². The molecule has 5 rings (SSSR count). The maximum atomic E-state index is 13.2. The summed E-state index contributed by atoms with van der Waals surface area (Å²) >= 11 is 0. The molecular formula is C30H34N2O4. The van der Waals surface area contributed by atoms with Gasteiger partial charge in [0.25, 0.3) is 6.23 Å². The van der Waals surface area contributed by atoms with Gasteiger partial charge in [-0.1, -0.05) is 68.4 Å². The van der Waals surface area contributed by atoms with E-state index in [0.717, 1.165) is 10.3 Å². The molecule has 0 aliphatic carbocycles. The third-order valence-electron chi connectivity index (χ3n) is 7.33. The Morgan fingerprint density at radius 1 is 0.917 bits per heavy atom. The molecule has 0 radical (unpaired) electrons. The molecule has 0 amide bonds.